The zero-order valence-electron chi connectivity index (χ0n) is 10.5. The zero-order valence-corrected chi connectivity index (χ0v) is 11.3. The minimum absolute atomic E-state index is 0.226. The molecule has 1 atom stereocenters. The molecule has 0 bridgehead atoms. The van der Waals surface area contributed by atoms with Gasteiger partial charge in [0.25, 0.3) is 0 Å². The first-order chi connectivity index (χ1) is 9.25. The Morgan fingerprint density at radius 2 is 2.00 bits per heavy atom. The van der Waals surface area contributed by atoms with E-state index in [1.807, 2.05) is 6.07 Å². The summed E-state index contributed by atoms with van der Waals surface area (Å²) < 4.78 is 13.3. The van der Waals surface area contributed by atoms with E-state index in [2.05, 4.69) is 29.6 Å². The van der Waals surface area contributed by atoms with Crippen molar-refractivity contribution in [2.75, 3.05) is 6.54 Å². The molecule has 98 valence electrons. The van der Waals surface area contributed by atoms with Crippen LogP contribution in [0, 0.1) is 5.82 Å². The molecule has 0 radical (unpaired) electrons. The van der Waals surface area contributed by atoms with Crippen molar-refractivity contribution in [3.05, 3.63) is 70.0 Å². The molecular weight excluding hydrogens is 261 g/mol. The number of nitrogens with one attached hydrogen (secondary N) is 1. The Morgan fingerprint density at radius 3 is 2.84 bits per heavy atom. The number of hydrogen-bond acceptors (Lipinski definition) is 1. The average molecular weight is 276 g/mol. The molecule has 1 unspecified atom stereocenters. The van der Waals surface area contributed by atoms with Crippen LogP contribution in [0.25, 0.3) is 0 Å². The highest BCUT2D eigenvalue weighted by molar-refractivity contribution is 6.31. The molecule has 0 saturated heterocycles. The van der Waals surface area contributed by atoms with Gasteiger partial charge in [0, 0.05) is 19.0 Å². The van der Waals surface area contributed by atoms with Crippen molar-refractivity contribution in [1.82, 2.24) is 5.32 Å². The Morgan fingerprint density at radius 1 is 1.16 bits per heavy atom. The molecule has 0 aromatic heterocycles. The molecule has 0 heterocycles. The van der Waals surface area contributed by atoms with Gasteiger partial charge in [0.05, 0.1) is 5.02 Å². The molecule has 2 aromatic rings. The van der Waals surface area contributed by atoms with Crippen molar-refractivity contribution in [2.45, 2.75) is 18.9 Å². The van der Waals surface area contributed by atoms with Crippen LogP contribution in [0.15, 0.2) is 42.5 Å². The smallest absolute Gasteiger partial charge is 0.142 e. The molecule has 1 aliphatic carbocycles. The maximum atomic E-state index is 13.3. The van der Waals surface area contributed by atoms with Crippen LogP contribution in [0.2, 0.25) is 5.02 Å². The molecule has 1 aliphatic rings. The Hall–Kier alpha value is -1.38. The van der Waals surface area contributed by atoms with Gasteiger partial charge in [-0.15, -0.1) is 0 Å². The number of rotatable bonds is 4. The normalized spacial score (nSPS) is 16.8. The third-order valence-corrected chi connectivity index (χ3v) is 4.12. The molecular formula is C16H15ClFN. The minimum atomic E-state index is -0.352. The number of benzene rings is 2. The third-order valence-electron chi connectivity index (χ3n) is 3.70. The van der Waals surface area contributed by atoms with Gasteiger partial charge in [-0.05, 0) is 29.2 Å². The fourth-order valence-corrected chi connectivity index (χ4v) is 2.80. The topological polar surface area (TPSA) is 12.0 Å². The molecule has 0 saturated carbocycles. The van der Waals surface area contributed by atoms with E-state index in [9.17, 15) is 4.39 Å². The van der Waals surface area contributed by atoms with Gasteiger partial charge in [0.15, 0.2) is 0 Å². The maximum Gasteiger partial charge on any atom is 0.142 e. The Bertz CT molecular complexity index is 597. The van der Waals surface area contributed by atoms with Crippen LogP contribution in [-0.4, -0.2) is 6.54 Å². The molecule has 0 amide bonds. The van der Waals surface area contributed by atoms with Gasteiger partial charge in [-0.25, -0.2) is 4.39 Å². The molecule has 2 aromatic carbocycles. The van der Waals surface area contributed by atoms with E-state index >= 15 is 0 Å². The molecule has 3 rings (SSSR count). The van der Waals surface area contributed by atoms with Gasteiger partial charge in [-0.2, -0.15) is 0 Å². The average Bonchev–Trinajstić information content (AvgIpc) is 2.39. The molecule has 19 heavy (non-hydrogen) atoms. The van der Waals surface area contributed by atoms with Crippen LogP contribution < -0.4 is 5.32 Å². The summed E-state index contributed by atoms with van der Waals surface area (Å²) >= 11 is 5.92. The van der Waals surface area contributed by atoms with Crippen LogP contribution in [0.4, 0.5) is 4.39 Å². The number of halogens is 2. The molecule has 3 heteroatoms. The van der Waals surface area contributed by atoms with Crippen LogP contribution in [0.3, 0.4) is 0 Å². The van der Waals surface area contributed by atoms with Gasteiger partial charge in [-0.1, -0.05) is 48.0 Å². The molecule has 1 nitrogen and oxygen atoms in total. The van der Waals surface area contributed by atoms with Crippen LogP contribution in [-0.2, 0) is 13.0 Å². The van der Waals surface area contributed by atoms with E-state index in [0.29, 0.717) is 12.5 Å². The lowest BCUT2D eigenvalue weighted by molar-refractivity contribution is 0.534. The maximum absolute atomic E-state index is 13.3. The van der Waals surface area contributed by atoms with E-state index in [1.54, 1.807) is 6.07 Å². The Labute approximate surface area is 117 Å². The largest absolute Gasteiger partial charge is 0.312 e. The van der Waals surface area contributed by atoms with E-state index in [0.717, 1.165) is 18.5 Å². The van der Waals surface area contributed by atoms with Gasteiger partial charge < -0.3 is 5.32 Å². The van der Waals surface area contributed by atoms with E-state index in [-0.39, 0.29) is 10.8 Å². The summed E-state index contributed by atoms with van der Waals surface area (Å²) in [7, 11) is 0. The summed E-state index contributed by atoms with van der Waals surface area (Å²) in [6, 6.07) is 13.4. The summed E-state index contributed by atoms with van der Waals surface area (Å²) in [5.74, 6) is 0.221. The zero-order chi connectivity index (χ0) is 13.2. The summed E-state index contributed by atoms with van der Waals surface area (Å²) in [6.45, 7) is 1.51. The fraction of sp³-hybridized carbons (Fsp3) is 0.250. The fourth-order valence-electron chi connectivity index (χ4n) is 2.61. The van der Waals surface area contributed by atoms with E-state index in [1.165, 1.54) is 17.2 Å². The Balaban J connectivity index is 1.56. The second-order valence-corrected chi connectivity index (χ2v) is 5.32. The number of fused-ring (bicyclic) bond motifs is 1. The van der Waals surface area contributed by atoms with Crippen molar-refractivity contribution < 1.29 is 4.39 Å². The van der Waals surface area contributed by atoms with Crippen LogP contribution in [0.1, 0.15) is 22.6 Å². The van der Waals surface area contributed by atoms with Crippen molar-refractivity contribution in [3.63, 3.8) is 0 Å². The van der Waals surface area contributed by atoms with Gasteiger partial charge in [0.1, 0.15) is 5.82 Å². The molecule has 0 spiro atoms. The van der Waals surface area contributed by atoms with Crippen molar-refractivity contribution in [3.8, 4) is 0 Å². The third kappa shape index (κ3) is 2.51. The first kappa shape index (κ1) is 12.6. The summed E-state index contributed by atoms with van der Waals surface area (Å²) in [5, 5.41) is 3.59. The summed E-state index contributed by atoms with van der Waals surface area (Å²) in [5.41, 5.74) is 3.69. The standard InChI is InChI=1S/C16H15ClFN/c17-16-12(5-3-7-15(16)18)9-19-10-13-8-11-4-1-2-6-14(11)13/h1-7,13,19H,8-10H2. The molecule has 1 N–H and O–H groups in total. The first-order valence-corrected chi connectivity index (χ1v) is 6.85. The lowest BCUT2D eigenvalue weighted by Crippen LogP contribution is -2.28. The summed E-state index contributed by atoms with van der Waals surface area (Å²) in [4.78, 5) is 0. The highest BCUT2D eigenvalue weighted by Gasteiger charge is 2.24. The highest BCUT2D eigenvalue weighted by atomic mass is 35.5. The van der Waals surface area contributed by atoms with Gasteiger partial charge in [0.2, 0.25) is 0 Å². The van der Waals surface area contributed by atoms with Crippen molar-refractivity contribution in [2.24, 2.45) is 0 Å². The van der Waals surface area contributed by atoms with Crippen LogP contribution in [0.5, 0.6) is 0 Å². The lowest BCUT2D eigenvalue weighted by atomic mass is 9.77. The Kier molecular flexibility index (Phi) is 3.54. The van der Waals surface area contributed by atoms with E-state index < -0.39 is 0 Å². The monoisotopic (exact) mass is 275 g/mol. The minimum Gasteiger partial charge on any atom is -0.312 e. The summed E-state index contributed by atoms with van der Waals surface area (Å²) in [6.07, 6.45) is 1.13. The van der Waals surface area contributed by atoms with Crippen molar-refractivity contribution >= 4 is 11.6 Å². The predicted molar refractivity (Wildman–Crippen MR) is 76.0 cm³/mol. The predicted octanol–water partition coefficient (Wildman–Crippen LogP) is 3.91. The van der Waals surface area contributed by atoms with Crippen molar-refractivity contribution in [1.29, 1.82) is 0 Å². The second-order valence-electron chi connectivity index (χ2n) is 4.94. The lowest BCUT2D eigenvalue weighted by Gasteiger charge is -2.30. The molecule has 0 aliphatic heterocycles. The second kappa shape index (κ2) is 5.32. The van der Waals surface area contributed by atoms with Gasteiger partial charge in [-0.3, -0.25) is 0 Å². The SMILES string of the molecule is Fc1cccc(CNCC2Cc3ccccc32)c1Cl. The number of hydrogen-bond donors (Lipinski definition) is 1. The van der Waals surface area contributed by atoms with Gasteiger partial charge >= 0.3 is 0 Å². The highest BCUT2D eigenvalue weighted by Crippen LogP contribution is 2.34. The van der Waals surface area contributed by atoms with Crippen LogP contribution >= 0.6 is 11.6 Å². The molecule has 0 fully saturated rings. The van der Waals surface area contributed by atoms with E-state index in [4.69, 9.17) is 11.6 Å². The first-order valence-electron chi connectivity index (χ1n) is 6.47. The quantitative estimate of drug-likeness (QED) is 0.892.